The monoisotopic (exact) mass is 658 g/mol. The number of hydrogen-bond acceptors (Lipinski definition) is 5. The van der Waals surface area contributed by atoms with Crippen molar-refractivity contribution in [2.24, 2.45) is 0 Å². The van der Waals surface area contributed by atoms with E-state index in [9.17, 15) is 14.6 Å². The van der Waals surface area contributed by atoms with Crippen LogP contribution in [-0.4, -0.2) is 48.0 Å². The van der Waals surface area contributed by atoms with Crippen LogP contribution in [0.3, 0.4) is 0 Å². The van der Waals surface area contributed by atoms with Crippen molar-refractivity contribution in [3.8, 4) is 0 Å². The first kappa shape index (κ1) is 30.6. The van der Waals surface area contributed by atoms with Crippen LogP contribution >= 0.6 is 32.3 Å². The van der Waals surface area contributed by atoms with Gasteiger partial charge in [-0.05, 0) is 0 Å². The van der Waals surface area contributed by atoms with Crippen molar-refractivity contribution in [3.63, 3.8) is 0 Å². The summed E-state index contributed by atoms with van der Waals surface area (Å²) in [6.07, 6.45) is 0. The average molecular weight is 658 g/mol. The van der Waals surface area contributed by atoms with Gasteiger partial charge in [0, 0.05) is 0 Å². The summed E-state index contributed by atoms with van der Waals surface area (Å²) >= 11 is 3.00. The fraction of sp³-hybridized carbons (Fsp3) is 0.276. The summed E-state index contributed by atoms with van der Waals surface area (Å²) in [5.74, 6) is -0.605. The van der Waals surface area contributed by atoms with Gasteiger partial charge in [-0.1, -0.05) is 6.07 Å². The van der Waals surface area contributed by atoms with E-state index in [1.807, 2.05) is 62.4 Å². The number of carbonyl (C=O) groups is 2. The molecule has 0 atom stereocenters. The van der Waals surface area contributed by atoms with Gasteiger partial charge in [0.1, 0.15) is 0 Å². The topological polar surface area (TPSA) is 84.9 Å². The number of rotatable bonds is 8. The normalized spacial score (nSPS) is 11.3. The quantitative estimate of drug-likeness (QED) is 0.0778. The van der Waals surface area contributed by atoms with E-state index in [2.05, 4.69) is 36.4 Å². The molecule has 0 spiro atoms. The van der Waals surface area contributed by atoms with E-state index >= 15 is 0 Å². The third-order valence-electron chi connectivity index (χ3n) is 6.22. The molecule has 7 nitrogen and oxygen atoms in total. The number of benzene rings is 3. The van der Waals surface area contributed by atoms with Crippen molar-refractivity contribution in [1.29, 1.82) is 0 Å². The molecule has 0 fully saturated rings. The van der Waals surface area contributed by atoms with Crippen LogP contribution in [-0.2, 0) is 0 Å². The number of hydrogen-bond donors (Lipinski definition) is 3. The molecule has 3 N–H and O–H groups in total. The van der Waals surface area contributed by atoms with E-state index in [1.165, 1.54) is 5.49 Å². The second-order valence-corrected chi connectivity index (χ2v) is 17.1. The summed E-state index contributed by atoms with van der Waals surface area (Å²) in [6.45, 7) is 10.2. The van der Waals surface area contributed by atoms with Crippen LogP contribution in [0.4, 0.5) is 11.4 Å². The van der Waals surface area contributed by atoms with Crippen molar-refractivity contribution in [1.82, 2.24) is 8.65 Å². The Kier molecular flexibility index (Phi) is 10.1. The third kappa shape index (κ3) is 7.37. The van der Waals surface area contributed by atoms with E-state index in [1.54, 1.807) is 33.3 Å². The Balaban J connectivity index is 1.93. The van der Waals surface area contributed by atoms with Gasteiger partial charge in [0.05, 0.1) is 0 Å². The number of alkyl halides is 2. The number of amides is 2. The summed E-state index contributed by atoms with van der Waals surface area (Å²) in [5, 5.41) is 14.2. The van der Waals surface area contributed by atoms with Gasteiger partial charge in [0.25, 0.3) is 0 Å². The van der Waals surface area contributed by atoms with E-state index in [0.717, 1.165) is 16.8 Å². The number of halogens is 1. The zero-order chi connectivity index (χ0) is 28.9. The van der Waals surface area contributed by atoms with Crippen molar-refractivity contribution in [3.05, 3.63) is 89.0 Å². The molecule has 39 heavy (non-hydrogen) atoms. The van der Waals surface area contributed by atoms with Crippen molar-refractivity contribution < 1.29 is 14.6 Å². The molecule has 0 radical (unpaired) electrons. The van der Waals surface area contributed by atoms with Gasteiger partial charge in [-0.2, -0.15) is 0 Å². The number of hydrazine groups is 1. The molecular weight excluding hydrogens is 622 g/mol. The number of para-hydroxylation sites is 1. The van der Waals surface area contributed by atoms with Crippen LogP contribution in [0.25, 0.3) is 0 Å². The molecule has 0 heterocycles. The zero-order valence-electron chi connectivity index (χ0n) is 23.4. The molecular formula is C29H36BIN4O3S. The molecule has 206 valence electrons. The summed E-state index contributed by atoms with van der Waals surface area (Å²) in [6, 6.07) is 20.1. The Morgan fingerprint density at radius 1 is 0.974 bits per heavy atom. The number of thiocarbonyl (C=S) groups is 1. The predicted molar refractivity (Wildman–Crippen MR) is 175 cm³/mol. The first-order chi connectivity index (χ1) is 18.4. The molecule has 2 amide bonds. The molecule has 0 aliphatic carbocycles. The van der Waals surface area contributed by atoms with Crippen molar-refractivity contribution in [2.75, 3.05) is 22.1 Å². The fourth-order valence-corrected chi connectivity index (χ4v) is 7.20. The molecule has 0 unspecified atom stereocenters. The Hall–Kier alpha value is -2.96. The van der Waals surface area contributed by atoms with E-state index in [0.29, 0.717) is 22.3 Å². The molecule has 3 aromatic carbocycles. The van der Waals surface area contributed by atoms with Gasteiger partial charge in [-0.25, -0.2) is 0 Å². The second kappa shape index (κ2) is 12.9. The first-order valence-electron chi connectivity index (χ1n) is 12.5. The number of nitrogens with zero attached hydrogens (tertiary/aromatic N) is 2. The predicted octanol–water partition coefficient (Wildman–Crippen LogP) is 5.13. The third-order valence-corrected chi connectivity index (χ3v) is 13.3. The van der Waals surface area contributed by atoms with Gasteiger partial charge in [0.2, 0.25) is 0 Å². The number of nitrogens with one attached hydrogen (secondary N) is 2. The van der Waals surface area contributed by atoms with Crippen molar-refractivity contribution >= 4 is 73.5 Å². The van der Waals surface area contributed by atoms with E-state index < -0.39 is 33.1 Å². The number of anilines is 2. The number of carbonyl (C=O) groups excluding carboxylic acids is 2. The Bertz CT molecular complexity index is 1330. The van der Waals surface area contributed by atoms with Crippen molar-refractivity contribution in [2.45, 2.75) is 38.0 Å². The molecule has 0 aliphatic heterocycles. The van der Waals surface area contributed by atoms with Gasteiger partial charge in [-0.15, -0.1) is 0 Å². The van der Waals surface area contributed by atoms with Gasteiger partial charge >= 0.3 is 240 Å². The standard InChI is InChI=1S/C29H36BIN4O3S/c1-20-15-21(2)17-23(16-20)28(37)35(31(6)29(3,4)5)33-27(36)22-13-14-25(26(18-22)32-7)30(38)34(19-39)24-11-9-8-10-12-24/h8-19,32,38H,1-7H3,(H,33,36). The molecule has 3 rings (SSSR count). The Morgan fingerprint density at radius 3 is 2.13 bits per heavy atom. The maximum atomic E-state index is 13.7. The van der Waals surface area contributed by atoms with Gasteiger partial charge < -0.3 is 0 Å². The maximum absolute atomic E-state index is 13.7. The van der Waals surface area contributed by atoms with Crippen LogP contribution in [0.15, 0.2) is 66.7 Å². The van der Waals surface area contributed by atoms with Crippen LogP contribution in [0.5, 0.6) is 0 Å². The van der Waals surface area contributed by atoms with Crippen LogP contribution in [0, 0.1) is 13.8 Å². The fourth-order valence-electron chi connectivity index (χ4n) is 4.00. The van der Waals surface area contributed by atoms with Gasteiger partial charge in [0.15, 0.2) is 0 Å². The summed E-state index contributed by atoms with van der Waals surface area (Å²) in [4.78, 5) is 30.9. The average Bonchev–Trinajstić information content (AvgIpc) is 2.90. The molecule has 0 aromatic heterocycles. The van der Waals surface area contributed by atoms with Crippen LogP contribution in [0.2, 0.25) is 0 Å². The molecule has 0 bridgehead atoms. The summed E-state index contributed by atoms with van der Waals surface area (Å²) in [5.41, 5.74) is 9.09. The summed E-state index contributed by atoms with van der Waals surface area (Å²) < 4.78 is 1.43. The number of aryl methyl sites for hydroxylation is 2. The van der Waals surface area contributed by atoms with E-state index in [-0.39, 0.29) is 9.33 Å². The SMILES string of the molecule is CNc1cc(C(=O)NN(C(=O)c2cc(C)cc(C)c2)I(C)C(C)(C)C)ccc1B(O)N(C=S)c1ccccc1. The minimum atomic E-state index is -2.18. The molecule has 3 aromatic rings. The second-order valence-electron chi connectivity index (χ2n) is 10.2. The Morgan fingerprint density at radius 2 is 1.59 bits per heavy atom. The molecule has 10 heteroatoms. The van der Waals surface area contributed by atoms with Crippen LogP contribution < -0.4 is 21.0 Å². The zero-order valence-corrected chi connectivity index (χ0v) is 26.4. The molecule has 0 saturated heterocycles. The minimum absolute atomic E-state index is 0.141. The van der Waals surface area contributed by atoms with Gasteiger partial charge in [-0.3, -0.25) is 0 Å². The van der Waals surface area contributed by atoms with E-state index in [4.69, 9.17) is 12.2 Å². The summed E-state index contributed by atoms with van der Waals surface area (Å²) in [7, 11) is 0.657. The van der Waals surface area contributed by atoms with Crippen LogP contribution in [0.1, 0.15) is 52.6 Å². The molecule has 0 saturated carbocycles. The first-order valence-corrected chi connectivity index (χ1v) is 17.2. The molecule has 0 aliphatic rings. The Labute approximate surface area is 244 Å².